The van der Waals surface area contributed by atoms with E-state index in [2.05, 4.69) is 17.1 Å². The van der Waals surface area contributed by atoms with Crippen molar-refractivity contribution in [2.75, 3.05) is 33.8 Å². The van der Waals surface area contributed by atoms with Gasteiger partial charge in [0.05, 0.1) is 7.11 Å². The van der Waals surface area contributed by atoms with Gasteiger partial charge in [0.15, 0.2) is 0 Å². The standard InChI is InChI=1S/C15H28N2O2/c1-12-6-9-17(11-12)10-7-13-5-4-8-15(13,16-2)14(18)19-3/h12-13,16H,4-11H2,1-3H3. The van der Waals surface area contributed by atoms with Crippen LogP contribution in [0.5, 0.6) is 0 Å². The molecule has 2 aliphatic rings. The molecule has 1 N–H and O–H groups in total. The number of rotatable bonds is 5. The molecule has 0 spiro atoms. The molecule has 2 fully saturated rings. The molecular formula is C15H28N2O2. The van der Waals surface area contributed by atoms with Crippen LogP contribution < -0.4 is 5.32 Å². The van der Waals surface area contributed by atoms with E-state index >= 15 is 0 Å². The molecule has 1 saturated heterocycles. The van der Waals surface area contributed by atoms with Crippen LogP contribution in [0.1, 0.15) is 39.0 Å². The van der Waals surface area contributed by atoms with Gasteiger partial charge in [0.25, 0.3) is 0 Å². The number of esters is 1. The summed E-state index contributed by atoms with van der Waals surface area (Å²) in [6.45, 7) is 5.88. The van der Waals surface area contributed by atoms with Gasteiger partial charge in [0, 0.05) is 6.54 Å². The summed E-state index contributed by atoms with van der Waals surface area (Å²) in [5.41, 5.74) is -0.430. The zero-order chi connectivity index (χ0) is 13.9. The Bertz CT molecular complexity index is 321. The third kappa shape index (κ3) is 2.95. The van der Waals surface area contributed by atoms with Gasteiger partial charge in [-0.05, 0) is 57.7 Å². The van der Waals surface area contributed by atoms with E-state index in [1.807, 2.05) is 7.05 Å². The summed E-state index contributed by atoms with van der Waals surface area (Å²) in [5, 5.41) is 3.27. The van der Waals surface area contributed by atoms with Gasteiger partial charge in [0.2, 0.25) is 0 Å². The lowest BCUT2D eigenvalue weighted by atomic mass is 9.84. The molecule has 0 radical (unpaired) electrons. The van der Waals surface area contributed by atoms with E-state index in [1.165, 1.54) is 26.6 Å². The first kappa shape index (κ1) is 14.8. The number of hydrogen-bond donors (Lipinski definition) is 1. The quantitative estimate of drug-likeness (QED) is 0.770. The number of hydrogen-bond acceptors (Lipinski definition) is 4. The molecular weight excluding hydrogens is 240 g/mol. The molecule has 1 aliphatic heterocycles. The molecule has 0 aromatic heterocycles. The smallest absolute Gasteiger partial charge is 0.326 e. The van der Waals surface area contributed by atoms with Crippen LogP contribution in [0, 0.1) is 11.8 Å². The van der Waals surface area contributed by atoms with Crippen molar-refractivity contribution < 1.29 is 9.53 Å². The number of likely N-dealkylation sites (N-methyl/N-ethyl adjacent to an activating group) is 1. The maximum atomic E-state index is 12.1. The van der Waals surface area contributed by atoms with Gasteiger partial charge in [-0.2, -0.15) is 0 Å². The maximum Gasteiger partial charge on any atom is 0.326 e. The van der Waals surface area contributed by atoms with Crippen LogP contribution in [0.3, 0.4) is 0 Å². The van der Waals surface area contributed by atoms with Crippen molar-refractivity contribution >= 4 is 5.97 Å². The van der Waals surface area contributed by atoms with E-state index in [0.29, 0.717) is 5.92 Å². The van der Waals surface area contributed by atoms with Gasteiger partial charge in [-0.25, -0.2) is 0 Å². The number of nitrogens with zero attached hydrogens (tertiary/aromatic N) is 1. The molecule has 1 saturated carbocycles. The van der Waals surface area contributed by atoms with E-state index in [-0.39, 0.29) is 5.97 Å². The van der Waals surface area contributed by atoms with Crippen molar-refractivity contribution in [1.82, 2.24) is 10.2 Å². The predicted molar refractivity (Wildman–Crippen MR) is 76.0 cm³/mol. The van der Waals surface area contributed by atoms with Crippen molar-refractivity contribution in [3.05, 3.63) is 0 Å². The molecule has 19 heavy (non-hydrogen) atoms. The molecule has 4 nitrogen and oxygen atoms in total. The highest BCUT2D eigenvalue weighted by atomic mass is 16.5. The second-order valence-corrected chi connectivity index (χ2v) is 6.29. The number of carbonyl (C=O) groups excluding carboxylic acids is 1. The summed E-state index contributed by atoms with van der Waals surface area (Å²) in [7, 11) is 3.39. The first-order valence-corrected chi connectivity index (χ1v) is 7.62. The number of carbonyl (C=O) groups is 1. The minimum Gasteiger partial charge on any atom is -0.468 e. The second kappa shape index (κ2) is 6.23. The molecule has 0 aromatic rings. The van der Waals surface area contributed by atoms with Crippen LogP contribution in [-0.4, -0.2) is 50.2 Å². The summed E-state index contributed by atoms with van der Waals surface area (Å²) in [6, 6.07) is 0. The van der Waals surface area contributed by atoms with Crippen molar-refractivity contribution in [2.45, 2.75) is 44.6 Å². The van der Waals surface area contributed by atoms with Gasteiger partial charge in [-0.15, -0.1) is 0 Å². The van der Waals surface area contributed by atoms with Gasteiger partial charge >= 0.3 is 5.97 Å². The summed E-state index contributed by atoms with van der Waals surface area (Å²) in [4.78, 5) is 14.7. The Hall–Kier alpha value is -0.610. The minimum atomic E-state index is -0.430. The fourth-order valence-corrected chi connectivity index (χ4v) is 3.92. The highest BCUT2D eigenvalue weighted by molar-refractivity contribution is 5.81. The molecule has 0 bridgehead atoms. The van der Waals surface area contributed by atoms with Gasteiger partial charge in [-0.3, -0.25) is 4.79 Å². The van der Waals surface area contributed by atoms with Crippen LogP contribution in [0.15, 0.2) is 0 Å². The fraction of sp³-hybridized carbons (Fsp3) is 0.933. The van der Waals surface area contributed by atoms with Gasteiger partial charge < -0.3 is 15.0 Å². The lowest BCUT2D eigenvalue weighted by Gasteiger charge is -2.33. The Kier molecular flexibility index (Phi) is 4.85. The molecule has 0 amide bonds. The van der Waals surface area contributed by atoms with Crippen molar-refractivity contribution in [3.63, 3.8) is 0 Å². The summed E-state index contributed by atoms with van der Waals surface area (Å²) in [5.74, 6) is 1.17. The van der Waals surface area contributed by atoms with Crippen molar-refractivity contribution in [2.24, 2.45) is 11.8 Å². The number of likely N-dealkylation sites (tertiary alicyclic amines) is 1. The number of nitrogens with one attached hydrogen (secondary N) is 1. The zero-order valence-corrected chi connectivity index (χ0v) is 12.6. The molecule has 3 unspecified atom stereocenters. The summed E-state index contributed by atoms with van der Waals surface area (Å²) in [6.07, 6.45) is 5.59. The first-order chi connectivity index (χ1) is 9.12. The Labute approximate surface area is 116 Å². The highest BCUT2D eigenvalue weighted by Crippen LogP contribution is 2.39. The molecule has 110 valence electrons. The highest BCUT2D eigenvalue weighted by Gasteiger charge is 2.48. The third-order valence-corrected chi connectivity index (χ3v) is 5.12. The Morgan fingerprint density at radius 3 is 2.84 bits per heavy atom. The molecule has 3 atom stereocenters. The van der Waals surface area contributed by atoms with E-state index < -0.39 is 5.54 Å². The Morgan fingerprint density at radius 2 is 2.26 bits per heavy atom. The molecule has 1 heterocycles. The molecule has 4 heteroatoms. The third-order valence-electron chi connectivity index (χ3n) is 5.12. The SMILES string of the molecule is CNC1(C(=O)OC)CCCC1CCN1CCC(C)C1. The van der Waals surface area contributed by atoms with Crippen molar-refractivity contribution in [1.29, 1.82) is 0 Å². The van der Waals surface area contributed by atoms with Gasteiger partial charge in [0.1, 0.15) is 5.54 Å². The Balaban J connectivity index is 1.92. The van der Waals surface area contributed by atoms with Gasteiger partial charge in [-0.1, -0.05) is 13.3 Å². The lowest BCUT2D eigenvalue weighted by Crippen LogP contribution is -2.54. The average Bonchev–Trinajstić information content (AvgIpc) is 3.02. The summed E-state index contributed by atoms with van der Waals surface area (Å²) >= 11 is 0. The first-order valence-electron chi connectivity index (χ1n) is 7.62. The maximum absolute atomic E-state index is 12.1. The zero-order valence-electron chi connectivity index (χ0n) is 12.6. The molecule has 0 aromatic carbocycles. The van der Waals surface area contributed by atoms with E-state index in [1.54, 1.807) is 0 Å². The Morgan fingerprint density at radius 1 is 1.47 bits per heavy atom. The van der Waals surface area contributed by atoms with Crippen LogP contribution in [0.25, 0.3) is 0 Å². The largest absolute Gasteiger partial charge is 0.468 e. The van der Waals surface area contributed by atoms with Crippen LogP contribution in [-0.2, 0) is 9.53 Å². The van der Waals surface area contributed by atoms with E-state index in [4.69, 9.17) is 4.74 Å². The average molecular weight is 268 g/mol. The van der Waals surface area contributed by atoms with Crippen LogP contribution in [0.4, 0.5) is 0 Å². The van der Waals surface area contributed by atoms with Crippen molar-refractivity contribution in [3.8, 4) is 0 Å². The molecule has 2 rings (SSSR count). The summed E-state index contributed by atoms with van der Waals surface area (Å²) < 4.78 is 5.03. The van der Waals surface area contributed by atoms with Crippen LogP contribution >= 0.6 is 0 Å². The lowest BCUT2D eigenvalue weighted by molar-refractivity contribution is -0.150. The van der Waals surface area contributed by atoms with E-state index in [9.17, 15) is 4.79 Å². The normalized spacial score (nSPS) is 35.7. The minimum absolute atomic E-state index is 0.0766. The monoisotopic (exact) mass is 268 g/mol. The van der Waals surface area contributed by atoms with Crippen LogP contribution in [0.2, 0.25) is 0 Å². The number of ether oxygens (including phenoxy) is 1. The topological polar surface area (TPSA) is 41.6 Å². The fourth-order valence-electron chi connectivity index (χ4n) is 3.92. The molecule has 1 aliphatic carbocycles. The second-order valence-electron chi connectivity index (χ2n) is 6.29. The van der Waals surface area contributed by atoms with E-state index in [0.717, 1.165) is 38.1 Å². The number of methoxy groups -OCH3 is 1. The predicted octanol–water partition coefficient (Wildman–Crippen LogP) is 1.65.